The van der Waals surface area contributed by atoms with Gasteiger partial charge in [0.2, 0.25) is 0 Å². The fourth-order valence-electron chi connectivity index (χ4n) is 0.801. The smallest absolute Gasteiger partial charge is 0.192 e. The second-order valence-electron chi connectivity index (χ2n) is 2.35. The molecule has 6 heteroatoms. The van der Waals surface area contributed by atoms with Crippen molar-refractivity contribution in [2.75, 3.05) is 6.61 Å². The van der Waals surface area contributed by atoms with Crippen LogP contribution in [0.4, 0.5) is 0 Å². The summed E-state index contributed by atoms with van der Waals surface area (Å²) in [4.78, 5) is 14.9. The number of rotatable bonds is 5. The van der Waals surface area contributed by atoms with Crippen LogP contribution in [0.2, 0.25) is 11.2 Å². The number of nitrogens with zero attached hydrogens (tertiary/aromatic N) is 1. The summed E-state index contributed by atoms with van der Waals surface area (Å²) in [6.45, 7) is 4.76. The SMILES string of the molecule is CBc1nc(COOCC)c(Cl)s1. The van der Waals surface area contributed by atoms with E-state index in [1.54, 1.807) is 0 Å². The Balaban J connectivity index is 2.50. The van der Waals surface area contributed by atoms with Gasteiger partial charge in [0.1, 0.15) is 10.9 Å². The molecule has 0 fully saturated rings. The zero-order valence-electron chi connectivity index (χ0n) is 7.67. The summed E-state index contributed by atoms with van der Waals surface area (Å²) in [5, 5.41) is 0. The summed E-state index contributed by atoms with van der Waals surface area (Å²) in [5.41, 5.74) is 0.761. The lowest BCUT2D eigenvalue weighted by Crippen LogP contribution is -2.09. The van der Waals surface area contributed by atoms with Gasteiger partial charge < -0.3 is 0 Å². The molecule has 0 aliphatic carbocycles. The lowest BCUT2D eigenvalue weighted by atomic mass is 9.84. The first-order chi connectivity index (χ1) is 6.27. The van der Waals surface area contributed by atoms with Gasteiger partial charge in [-0.25, -0.2) is 9.78 Å². The Labute approximate surface area is 87.2 Å². The van der Waals surface area contributed by atoms with E-state index in [-0.39, 0.29) is 0 Å². The molecule has 0 spiro atoms. The van der Waals surface area contributed by atoms with Gasteiger partial charge in [0.25, 0.3) is 0 Å². The van der Waals surface area contributed by atoms with Gasteiger partial charge >= 0.3 is 0 Å². The maximum absolute atomic E-state index is 5.92. The van der Waals surface area contributed by atoms with Crippen LogP contribution in [0.15, 0.2) is 0 Å². The standard InChI is InChI=1S/C7H11BClNO2S/c1-3-11-12-4-5-6(9)13-7(8-2)10-5/h8H,3-4H2,1-2H3. The van der Waals surface area contributed by atoms with Crippen molar-refractivity contribution in [1.29, 1.82) is 0 Å². The normalized spacial score (nSPS) is 10.4. The van der Waals surface area contributed by atoms with Crippen molar-refractivity contribution in [3.05, 3.63) is 10.0 Å². The summed E-state index contributed by atoms with van der Waals surface area (Å²) in [6.07, 6.45) is 0. The first-order valence-corrected chi connectivity index (χ1v) is 5.35. The summed E-state index contributed by atoms with van der Waals surface area (Å²) in [6, 6.07) is 0. The van der Waals surface area contributed by atoms with Gasteiger partial charge in [0.05, 0.1) is 17.2 Å². The summed E-state index contributed by atoms with van der Waals surface area (Å²) >= 11 is 7.41. The lowest BCUT2D eigenvalue weighted by molar-refractivity contribution is -0.301. The Hall–Kier alpha value is -0.0951. The van der Waals surface area contributed by atoms with Crippen LogP contribution in [-0.2, 0) is 16.4 Å². The minimum atomic E-state index is 0.323. The van der Waals surface area contributed by atoms with Gasteiger partial charge in [-0.2, -0.15) is 0 Å². The van der Waals surface area contributed by atoms with Crippen LogP contribution >= 0.6 is 22.9 Å². The van der Waals surface area contributed by atoms with Crippen LogP contribution in [0.3, 0.4) is 0 Å². The minimum absolute atomic E-state index is 0.323. The van der Waals surface area contributed by atoms with Crippen molar-refractivity contribution in [3.8, 4) is 0 Å². The molecule has 13 heavy (non-hydrogen) atoms. The number of aromatic nitrogens is 1. The van der Waals surface area contributed by atoms with E-state index in [2.05, 4.69) is 4.98 Å². The van der Waals surface area contributed by atoms with E-state index in [0.717, 1.165) is 17.9 Å². The Morgan fingerprint density at radius 1 is 1.54 bits per heavy atom. The fraction of sp³-hybridized carbons (Fsp3) is 0.571. The van der Waals surface area contributed by atoms with Gasteiger partial charge in [-0.3, -0.25) is 4.98 Å². The molecule has 1 aromatic heterocycles. The summed E-state index contributed by atoms with van der Waals surface area (Å²) in [7, 11) is 0.902. The largest absolute Gasteiger partial charge is 0.253 e. The Bertz CT molecular complexity index is 269. The highest BCUT2D eigenvalue weighted by Gasteiger charge is 2.08. The average Bonchev–Trinajstić information content (AvgIpc) is 2.48. The maximum Gasteiger partial charge on any atom is 0.192 e. The average molecular weight is 220 g/mol. The van der Waals surface area contributed by atoms with E-state index in [4.69, 9.17) is 21.4 Å². The molecule has 1 rings (SSSR count). The van der Waals surface area contributed by atoms with Gasteiger partial charge in [-0.05, 0) is 6.92 Å². The first kappa shape index (κ1) is 11.0. The van der Waals surface area contributed by atoms with E-state index < -0.39 is 0 Å². The zero-order chi connectivity index (χ0) is 9.68. The molecule has 0 aliphatic heterocycles. The highest BCUT2D eigenvalue weighted by atomic mass is 35.5. The maximum atomic E-state index is 5.92. The second kappa shape index (κ2) is 5.60. The lowest BCUT2D eigenvalue weighted by Gasteiger charge is -1.98. The molecule has 0 amide bonds. The molecule has 0 unspecified atom stereocenters. The van der Waals surface area contributed by atoms with Crippen molar-refractivity contribution >= 4 is 35.1 Å². The Kier molecular flexibility index (Phi) is 4.73. The van der Waals surface area contributed by atoms with Crippen LogP contribution in [-0.4, -0.2) is 18.9 Å². The van der Waals surface area contributed by atoms with Crippen molar-refractivity contribution in [1.82, 2.24) is 4.98 Å². The number of halogens is 1. The van der Waals surface area contributed by atoms with E-state index >= 15 is 0 Å². The molecule has 0 aliphatic rings. The predicted octanol–water partition coefficient (Wildman–Crippen LogP) is 1.37. The van der Waals surface area contributed by atoms with Gasteiger partial charge in [0, 0.05) is 0 Å². The van der Waals surface area contributed by atoms with Crippen molar-refractivity contribution in [2.24, 2.45) is 0 Å². The molecular formula is C7H11BClNO2S. The molecule has 0 N–H and O–H groups in total. The molecule has 1 heterocycles. The molecule has 0 aromatic carbocycles. The monoisotopic (exact) mass is 219 g/mol. The highest BCUT2D eigenvalue weighted by Crippen LogP contribution is 2.18. The number of thiazole rings is 1. The number of hydrogen-bond donors (Lipinski definition) is 0. The molecule has 0 saturated carbocycles. The third kappa shape index (κ3) is 3.27. The van der Waals surface area contributed by atoms with E-state index in [1.165, 1.54) is 11.3 Å². The Morgan fingerprint density at radius 2 is 2.31 bits per heavy atom. The third-order valence-electron chi connectivity index (χ3n) is 1.39. The van der Waals surface area contributed by atoms with Gasteiger partial charge in [-0.15, -0.1) is 11.3 Å². The van der Waals surface area contributed by atoms with Crippen LogP contribution in [0, 0.1) is 0 Å². The van der Waals surface area contributed by atoms with E-state index in [0.29, 0.717) is 17.6 Å². The van der Waals surface area contributed by atoms with Gasteiger partial charge in [-0.1, -0.05) is 18.4 Å². The minimum Gasteiger partial charge on any atom is -0.253 e. The van der Waals surface area contributed by atoms with Crippen molar-refractivity contribution in [2.45, 2.75) is 20.4 Å². The second-order valence-corrected chi connectivity index (χ2v) is 4.04. The molecule has 0 atom stereocenters. The van der Waals surface area contributed by atoms with Crippen LogP contribution in [0.5, 0.6) is 0 Å². The third-order valence-corrected chi connectivity index (χ3v) is 2.87. The quantitative estimate of drug-likeness (QED) is 0.324. The van der Waals surface area contributed by atoms with Crippen LogP contribution in [0.25, 0.3) is 0 Å². The van der Waals surface area contributed by atoms with E-state index in [9.17, 15) is 0 Å². The number of hydrogen-bond acceptors (Lipinski definition) is 4. The van der Waals surface area contributed by atoms with Crippen LogP contribution < -0.4 is 4.91 Å². The summed E-state index contributed by atoms with van der Waals surface area (Å²) < 4.78 is 0.691. The van der Waals surface area contributed by atoms with E-state index in [1.807, 2.05) is 13.7 Å². The Morgan fingerprint density at radius 3 is 2.85 bits per heavy atom. The van der Waals surface area contributed by atoms with Crippen molar-refractivity contribution < 1.29 is 9.78 Å². The fourth-order valence-corrected chi connectivity index (χ4v) is 1.89. The van der Waals surface area contributed by atoms with Gasteiger partial charge in [0.15, 0.2) is 7.28 Å². The highest BCUT2D eigenvalue weighted by molar-refractivity contribution is 7.24. The first-order valence-electron chi connectivity index (χ1n) is 4.16. The van der Waals surface area contributed by atoms with Crippen molar-refractivity contribution in [3.63, 3.8) is 0 Å². The molecule has 3 nitrogen and oxygen atoms in total. The molecule has 72 valence electrons. The molecule has 0 bridgehead atoms. The zero-order valence-corrected chi connectivity index (χ0v) is 9.24. The predicted molar refractivity (Wildman–Crippen MR) is 56.2 cm³/mol. The van der Waals surface area contributed by atoms with Crippen LogP contribution in [0.1, 0.15) is 12.6 Å². The summed E-state index contributed by atoms with van der Waals surface area (Å²) in [5.74, 6) is 0. The topological polar surface area (TPSA) is 31.4 Å². The molecular weight excluding hydrogens is 208 g/mol. The molecule has 0 radical (unpaired) electrons. The molecule has 1 aromatic rings. The molecule has 0 saturated heterocycles.